The zero-order chi connectivity index (χ0) is 24.7. The number of hydrogen-bond acceptors (Lipinski definition) is 3. The van der Waals surface area contributed by atoms with Crippen LogP contribution in [0.5, 0.6) is 11.6 Å². The standard InChI is InChI=1S/C31H42FNO2/c1-3-5-7-9-11-13-19-34-29-18-17-25-21-26(15-16-27(25)22-29)28-23-30(32)31(33-24-28)35-20-14-12-10-8-6-4-2/h15-18,21-24H,3-14,19-20H2,1-2H3. The second-order valence-electron chi connectivity index (χ2n) is 9.47. The van der Waals surface area contributed by atoms with Gasteiger partial charge in [-0.05, 0) is 53.4 Å². The number of halogens is 1. The van der Waals surface area contributed by atoms with Crippen molar-refractivity contribution in [2.75, 3.05) is 13.2 Å². The van der Waals surface area contributed by atoms with Crippen LogP contribution in [-0.2, 0) is 0 Å². The Kier molecular flexibility index (Phi) is 11.9. The molecule has 0 aliphatic carbocycles. The molecule has 0 atom stereocenters. The van der Waals surface area contributed by atoms with Crippen LogP contribution in [0.1, 0.15) is 90.9 Å². The van der Waals surface area contributed by atoms with Crippen molar-refractivity contribution in [1.82, 2.24) is 4.98 Å². The van der Waals surface area contributed by atoms with Crippen molar-refractivity contribution in [3.63, 3.8) is 0 Å². The van der Waals surface area contributed by atoms with Crippen molar-refractivity contribution in [2.24, 2.45) is 0 Å². The Bertz CT molecular complexity index is 1020. The fourth-order valence-electron chi connectivity index (χ4n) is 4.31. The van der Waals surface area contributed by atoms with Gasteiger partial charge >= 0.3 is 0 Å². The summed E-state index contributed by atoms with van der Waals surface area (Å²) in [6, 6.07) is 13.8. The molecule has 1 heterocycles. The van der Waals surface area contributed by atoms with Gasteiger partial charge in [0.2, 0.25) is 5.88 Å². The first kappa shape index (κ1) is 27.0. The molecule has 0 spiro atoms. The second-order valence-corrected chi connectivity index (χ2v) is 9.47. The summed E-state index contributed by atoms with van der Waals surface area (Å²) in [6.07, 6.45) is 16.3. The van der Waals surface area contributed by atoms with Crippen molar-refractivity contribution in [3.05, 3.63) is 54.5 Å². The Labute approximate surface area is 211 Å². The molecule has 0 unspecified atom stereocenters. The van der Waals surface area contributed by atoms with Crippen molar-refractivity contribution in [1.29, 1.82) is 0 Å². The van der Waals surface area contributed by atoms with Gasteiger partial charge in [-0.3, -0.25) is 0 Å². The van der Waals surface area contributed by atoms with Crippen molar-refractivity contribution in [2.45, 2.75) is 90.9 Å². The van der Waals surface area contributed by atoms with Crippen LogP contribution in [0.3, 0.4) is 0 Å². The first-order chi connectivity index (χ1) is 17.2. The Morgan fingerprint density at radius 2 is 1.23 bits per heavy atom. The molecule has 3 rings (SSSR count). The van der Waals surface area contributed by atoms with E-state index >= 15 is 0 Å². The van der Waals surface area contributed by atoms with Crippen molar-refractivity contribution in [3.8, 4) is 22.8 Å². The van der Waals surface area contributed by atoms with E-state index in [2.05, 4.69) is 43.1 Å². The lowest BCUT2D eigenvalue weighted by atomic mass is 10.0. The highest BCUT2D eigenvalue weighted by Gasteiger charge is 2.09. The van der Waals surface area contributed by atoms with E-state index in [9.17, 15) is 4.39 Å². The summed E-state index contributed by atoms with van der Waals surface area (Å²) in [6.45, 7) is 5.72. The van der Waals surface area contributed by atoms with E-state index in [0.717, 1.165) is 53.5 Å². The van der Waals surface area contributed by atoms with Crippen LogP contribution in [0.4, 0.5) is 4.39 Å². The summed E-state index contributed by atoms with van der Waals surface area (Å²) in [5.74, 6) is 0.584. The molecule has 0 radical (unpaired) electrons. The molecule has 0 aliphatic rings. The molecule has 0 saturated carbocycles. The van der Waals surface area contributed by atoms with Crippen LogP contribution in [0.15, 0.2) is 48.7 Å². The molecule has 4 heteroatoms. The van der Waals surface area contributed by atoms with Crippen LogP contribution >= 0.6 is 0 Å². The van der Waals surface area contributed by atoms with E-state index in [0.29, 0.717) is 6.61 Å². The molecule has 0 amide bonds. The van der Waals surface area contributed by atoms with Gasteiger partial charge < -0.3 is 9.47 Å². The molecule has 3 aromatic rings. The van der Waals surface area contributed by atoms with Crippen LogP contribution in [-0.4, -0.2) is 18.2 Å². The first-order valence-electron chi connectivity index (χ1n) is 13.7. The molecule has 1 aromatic heterocycles. The highest BCUT2D eigenvalue weighted by atomic mass is 19.1. The van der Waals surface area contributed by atoms with Gasteiger partial charge in [-0.15, -0.1) is 0 Å². The highest BCUT2D eigenvalue weighted by Crippen LogP contribution is 2.29. The molecule has 3 nitrogen and oxygen atoms in total. The fourth-order valence-corrected chi connectivity index (χ4v) is 4.31. The molecule has 0 N–H and O–H groups in total. The number of benzene rings is 2. The number of rotatable bonds is 17. The van der Waals surface area contributed by atoms with Gasteiger partial charge in [0.25, 0.3) is 0 Å². The number of unbranched alkanes of at least 4 members (excludes halogenated alkanes) is 10. The van der Waals surface area contributed by atoms with E-state index in [-0.39, 0.29) is 5.88 Å². The predicted molar refractivity (Wildman–Crippen MR) is 145 cm³/mol. The lowest BCUT2D eigenvalue weighted by Gasteiger charge is -2.10. The Morgan fingerprint density at radius 3 is 1.91 bits per heavy atom. The molecule has 0 bridgehead atoms. The maximum absolute atomic E-state index is 14.6. The summed E-state index contributed by atoms with van der Waals surface area (Å²) in [5, 5.41) is 2.21. The molecule has 35 heavy (non-hydrogen) atoms. The lowest BCUT2D eigenvalue weighted by molar-refractivity contribution is 0.278. The molecule has 0 fully saturated rings. The van der Waals surface area contributed by atoms with Crippen molar-refractivity contribution < 1.29 is 13.9 Å². The Hall–Kier alpha value is -2.62. The molecule has 2 aromatic carbocycles. The Morgan fingerprint density at radius 1 is 0.629 bits per heavy atom. The quantitative estimate of drug-likeness (QED) is 0.181. The van der Waals surface area contributed by atoms with Crippen molar-refractivity contribution >= 4 is 10.8 Å². The maximum Gasteiger partial charge on any atom is 0.250 e. The van der Waals surface area contributed by atoms with Gasteiger partial charge in [-0.2, -0.15) is 0 Å². The molecular formula is C31H42FNO2. The van der Waals surface area contributed by atoms with E-state index in [1.165, 1.54) is 63.9 Å². The summed E-state index contributed by atoms with van der Waals surface area (Å²) < 4.78 is 26.1. The average molecular weight is 480 g/mol. The van der Waals surface area contributed by atoms with Crippen LogP contribution in [0.2, 0.25) is 0 Å². The number of pyridine rings is 1. The SMILES string of the molecule is CCCCCCCCOc1ccc2cc(-c3cnc(OCCCCCCCC)c(F)c3)ccc2c1. The van der Waals surface area contributed by atoms with E-state index in [4.69, 9.17) is 9.47 Å². The number of fused-ring (bicyclic) bond motifs is 1. The van der Waals surface area contributed by atoms with Crippen LogP contribution in [0, 0.1) is 5.82 Å². The van der Waals surface area contributed by atoms with Gasteiger partial charge in [0.1, 0.15) is 5.75 Å². The topological polar surface area (TPSA) is 31.4 Å². The van der Waals surface area contributed by atoms with Gasteiger partial charge in [0.15, 0.2) is 5.82 Å². The summed E-state index contributed by atoms with van der Waals surface area (Å²) in [7, 11) is 0. The van der Waals surface area contributed by atoms with Crippen LogP contribution in [0.25, 0.3) is 21.9 Å². The summed E-state index contributed by atoms with van der Waals surface area (Å²) >= 11 is 0. The normalized spacial score (nSPS) is 11.2. The molecule has 0 saturated heterocycles. The summed E-state index contributed by atoms with van der Waals surface area (Å²) in [5.41, 5.74) is 1.69. The number of aromatic nitrogens is 1. The zero-order valence-electron chi connectivity index (χ0n) is 21.7. The van der Waals surface area contributed by atoms with E-state index in [1.54, 1.807) is 6.20 Å². The lowest BCUT2D eigenvalue weighted by Crippen LogP contribution is -2.01. The molecule has 0 aliphatic heterocycles. The number of nitrogens with zero attached hydrogens (tertiary/aromatic N) is 1. The largest absolute Gasteiger partial charge is 0.494 e. The minimum absolute atomic E-state index is 0.0928. The monoisotopic (exact) mass is 479 g/mol. The third kappa shape index (κ3) is 9.16. The van der Waals surface area contributed by atoms with Crippen LogP contribution < -0.4 is 9.47 Å². The highest BCUT2D eigenvalue weighted by molar-refractivity contribution is 5.88. The predicted octanol–water partition coefficient (Wildman–Crippen LogP) is 9.52. The smallest absolute Gasteiger partial charge is 0.250 e. The number of hydrogen-bond donors (Lipinski definition) is 0. The average Bonchev–Trinajstić information content (AvgIpc) is 2.88. The number of ether oxygens (including phenoxy) is 2. The van der Waals surface area contributed by atoms with E-state index < -0.39 is 5.82 Å². The third-order valence-electron chi connectivity index (χ3n) is 6.46. The van der Waals surface area contributed by atoms with Gasteiger partial charge in [0, 0.05) is 11.8 Å². The molecule has 190 valence electrons. The zero-order valence-corrected chi connectivity index (χ0v) is 21.7. The summed E-state index contributed by atoms with van der Waals surface area (Å²) in [4.78, 5) is 4.24. The van der Waals surface area contributed by atoms with E-state index in [1.807, 2.05) is 12.1 Å². The van der Waals surface area contributed by atoms with Gasteiger partial charge in [-0.25, -0.2) is 9.37 Å². The minimum atomic E-state index is -0.410. The van der Waals surface area contributed by atoms with Gasteiger partial charge in [-0.1, -0.05) is 96.3 Å². The fraction of sp³-hybridized carbons (Fsp3) is 0.516. The van der Waals surface area contributed by atoms with Gasteiger partial charge in [0.05, 0.1) is 13.2 Å². The Balaban J connectivity index is 1.51. The third-order valence-corrected chi connectivity index (χ3v) is 6.46. The first-order valence-corrected chi connectivity index (χ1v) is 13.7. The molecular weight excluding hydrogens is 437 g/mol. The maximum atomic E-state index is 14.6. The minimum Gasteiger partial charge on any atom is -0.494 e. The second kappa shape index (κ2) is 15.4.